The lowest BCUT2D eigenvalue weighted by atomic mass is 10.2. The molecule has 40 heavy (non-hydrogen) atoms. The highest BCUT2D eigenvalue weighted by Crippen LogP contribution is 2.33. The van der Waals surface area contributed by atoms with Crippen LogP contribution in [0.1, 0.15) is 44.1 Å². The molecule has 4 rings (SSSR count). The van der Waals surface area contributed by atoms with Gasteiger partial charge in [0.25, 0.3) is 0 Å². The third-order valence-corrected chi connectivity index (χ3v) is 6.84. The Balaban J connectivity index is 1.35. The number of rotatable bonds is 8. The Bertz CT molecular complexity index is 1560. The average molecular weight is 581 g/mol. The summed E-state index contributed by atoms with van der Waals surface area (Å²) in [5, 5.41) is 3.72. The Kier molecular flexibility index (Phi) is 9.46. The minimum Gasteiger partial charge on any atom is -0.487 e. The summed E-state index contributed by atoms with van der Waals surface area (Å²) in [7, 11) is 1.72. The molecular weight excluding hydrogens is 551 g/mol. The van der Waals surface area contributed by atoms with Crippen molar-refractivity contribution in [2.45, 2.75) is 45.8 Å². The summed E-state index contributed by atoms with van der Waals surface area (Å²) in [5.41, 5.74) is 1.72. The number of fused-ring (bicyclic) bond motifs is 1. The van der Waals surface area contributed by atoms with Crippen LogP contribution in [0.25, 0.3) is 10.2 Å². The molecule has 0 unspecified atom stereocenters. The number of aromatic nitrogens is 2. The van der Waals surface area contributed by atoms with E-state index in [1.165, 1.54) is 29.8 Å². The van der Waals surface area contributed by atoms with Gasteiger partial charge in [0.1, 0.15) is 30.1 Å². The molecule has 0 fully saturated rings. The first-order valence-electron chi connectivity index (χ1n) is 12.7. The van der Waals surface area contributed by atoms with Gasteiger partial charge in [0.15, 0.2) is 5.82 Å². The third-order valence-electron chi connectivity index (χ3n) is 5.50. The van der Waals surface area contributed by atoms with Gasteiger partial charge in [-0.2, -0.15) is 0 Å². The maximum atomic E-state index is 13.4. The van der Waals surface area contributed by atoms with Crippen molar-refractivity contribution in [2.75, 3.05) is 18.9 Å². The summed E-state index contributed by atoms with van der Waals surface area (Å²) in [6.07, 6.45) is 2.54. The lowest BCUT2D eigenvalue weighted by Crippen LogP contribution is -2.34. The molecule has 7 nitrogen and oxygen atoms in total. The molecule has 1 amide bonds. The van der Waals surface area contributed by atoms with E-state index in [-0.39, 0.29) is 18.5 Å². The van der Waals surface area contributed by atoms with Gasteiger partial charge in [-0.15, -0.1) is 11.3 Å². The minimum atomic E-state index is -0.515. The molecule has 0 aliphatic heterocycles. The third kappa shape index (κ3) is 8.31. The molecule has 208 valence electrons. The molecule has 0 aliphatic carbocycles. The van der Waals surface area contributed by atoms with E-state index in [1.807, 2.05) is 32.9 Å². The standard InChI is InChI=1S/C30H30ClFN4O3S/c1-30(2,3)39-29(37)36(4)14-7-5-6-11-23-17-25-27(40-23)28(34-19-33-25)35-22-12-13-26(24(31)16-22)38-18-20-9-8-10-21(32)15-20/h8-10,12-13,15-17,19H,5,7,14,18H2,1-4H3,(H,33,34,35). The molecule has 0 bridgehead atoms. The maximum absolute atomic E-state index is 13.4. The number of amides is 1. The molecule has 2 heterocycles. The second-order valence-corrected chi connectivity index (χ2v) is 11.5. The predicted octanol–water partition coefficient (Wildman–Crippen LogP) is 7.81. The summed E-state index contributed by atoms with van der Waals surface area (Å²) in [5.74, 6) is 7.20. The van der Waals surface area contributed by atoms with Crippen LogP contribution in [0.2, 0.25) is 5.02 Å². The lowest BCUT2D eigenvalue weighted by Gasteiger charge is -2.24. The van der Waals surface area contributed by atoms with E-state index in [9.17, 15) is 9.18 Å². The number of anilines is 2. The van der Waals surface area contributed by atoms with Crippen LogP contribution >= 0.6 is 22.9 Å². The zero-order valence-corrected chi connectivity index (χ0v) is 24.3. The number of hydrogen-bond acceptors (Lipinski definition) is 7. The van der Waals surface area contributed by atoms with E-state index in [4.69, 9.17) is 21.1 Å². The lowest BCUT2D eigenvalue weighted by molar-refractivity contribution is 0.0297. The van der Waals surface area contributed by atoms with Gasteiger partial charge in [-0.1, -0.05) is 35.6 Å². The van der Waals surface area contributed by atoms with Crippen LogP contribution in [0.15, 0.2) is 54.9 Å². The fraction of sp³-hybridized carbons (Fsp3) is 0.300. The SMILES string of the molecule is CN(CCCC#Cc1cc2ncnc(Nc3ccc(OCc4cccc(F)c4)c(Cl)c3)c2s1)C(=O)OC(C)(C)C. The summed E-state index contributed by atoms with van der Waals surface area (Å²) in [6, 6.07) is 13.5. The topological polar surface area (TPSA) is 76.6 Å². The van der Waals surface area contributed by atoms with Gasteiger partial charge in [-0.25, -0.2) is 19.2 Å². The highest BCUT2D eigenvalue weighted by molar-refractivity contribution is 7.20. The van der Waals surface area contributed by atoms with Crippen molar-refractivity contribution in [2.24, 2.45) is 0 Å². The number of nitrogens with one attached hydrogen (secondary N) is 1. The van der Waals surface area contributed by atoms with Crippen molar-refractivity contribution in [3.8, 4) is 17.6 Å². The Morgan fingerprint density at radius 2 is 2.00 bits per heavy atom. The van der Waals surface area contributed by atoms with Crippen LogP contribution in [0.5, 0.6) is 5.75 Å². The fourth-order valence-electron chi connectivity index (χ4n) is 3.61. The zero-order valence-electron chi connectivity index (χ0n) is 22.8. The Hall–Kier alpha value is -3.87. The Labute approximate surface area is 242 Å². The van der Waals surface area contributed by atoms with Crippen molar-refractivity contribution in [3.63, 3.8) is 0 Å². The van der Waals surface area contributed by atoms with Gasteiger partial charge < -0.3 is 19.7 Å². The molecule has 1 N–H and O–H groups in total. The molecule has 0 saturated carbocycles. The van der Waals surface area contributed by atoms with E-state index in [0.717, 1.165) is 27.2 Å². The quantitative estimate of drug-likeness (QED) is 0.169. The van der Waals surface area contributed by atoms with Gasteiger partial charge in [0.2, 0.25) is 0 Å². The van der Waals surface area contributed by atoms with Crippen molar-refractivity contribution in [1.82, 2.24) is 14.9 Å². The van der Waals surface area contributed by atoms with Gasteiger partial charge in [0.05, 0.1) is 20.1 Å². The monoisotopic (exact) mass is 580 g/mol. The number of nitrogens with zero attached hydrogens (tertiary/aromatic N) is 3. The van der Waals surface area contributed by atoms with Crippen molar-refractivity contribution < 1.29 is 18.7 Å². The normalized spacial score (nSPS) is 11.1. The van der Waals surface area contributed by atoms with Gasteiger partial charge in [0, 0.05) is 25.7 Å². The number of unbranched alkanes of at least 4 members (excludes halogenated alkanes) is 1. The first-order valence-corrected chi connectivity index (χ1v) is 13.9. The molecule has 0 atom stereocenters. The molecule has 4 aromatic rings. The maximum Gasteiger partial charge on any atom is 0.410 e. The molecule has 10 heteroatoms. The fourth-order valence-corrected chi connectivity index (χ4v) is 4.78. The molecule has 2 aromatic heterocycles. The number of hydrogen-bond donors (Lipinski definition) is 1. The van der Waals surface area contributed by atoms with Gasteiger partial charge in [-0.05, 0) is 69.2 Å². The van der Waals surface area contributed by atoms with E-state index >= 15 is 0 Å². The highest BCUT2D eigenvalue weighted by Gasteiger charge is 2.19. The average Bonchev–Trinajstić information content (AvgIpc) is 3.31. The Morgan fingerprint density at radius 3 is 2.75 bits per heavy atom. The predicted molar refractivity (Wildman–Crippen MR) is 158 cm³/mol. The number of halogens is 2. The number of carbonyl (C=O) groups excluding carboxylic acids is 1. The number of ether oxygens (including phenoxy) is 2. The van der Waals surface area contributed by atoms with Crippen LogP contribution < -0.4 is 10.1 Å². The van der Waals surface area contributed by atoms with Gasteiger partial charge >= 0.3 is 6.09 Å². The molecule has 2 aromatic carbocycles. The summed E-state index contributed by atoms with van der Waals surface area (Å²) in [6.45, 7) is 6.31. The smallest absolute Gasteiger partial charge is 0.410 e. The zero-order chi connectivity index (χ0) is 28.7. The molecule has 0 saturated heterocycles. The second kappa shape index (κ2) is 13.0. The largest absolute Gasteiger partial charge is 0.487 e. The van der Waals surface area contributed by atoms with Crippen LogP contribution in [0.4, 0.5) is 20.7 Å². The van der Waals surface area contributed by atoms with E-state index in [2.05, 4.69) is 27.1 Å². The molecule has 0 radical (unpaired) electrons. The number of carbonyl (C=O) groups is 1. The van der Waals surface area contributed by atoms with Crippen LogP contribution in [-0.4, -0.2) is 40.2 Å². The summed E-state index contributed by atoms with van der Waals surface area (Å²) in [4.78, 5) is 23.3. The second-order valence-electron chi connectivity index (χ2n) is 10.0. The molecule has 0 spiro atoms. The van der Waals surface area contributed by atoms with E-state index in [0.29, 0.717) is 35.1 Å². The number of thiophene rings is 1. The van der Waals surface area contributed by atoms with Crippen molar-refractivity contribution in [1.29, 1.82) is 0 Å². The molecule has 0 aliphatic rings. The first kappa shape index (κ1) is 29.1. The summed E-state index contributed by atoms with van der Waals surface area (Å²) < 4.78 is 25.4. The van der Waals surface area contributed by atoms with E-state index < -0.39 is 5.60 Å². The highest BCUT2D eigenvalue weighted by atomic mass is 35.5. The van der Waals surface area contributed by atoms with Crippen LogP contribution in [0.3, 0.4) is 0 Å². The first-order chi connectivity index (χ1) is 19.1. The molecular formula is C30H30ClFN4O3S. The van der Waals surface area contributed by atoms with Crippen LogP contribution in [0, 0.1) is 17.7 Å². The number of benzene rings is 2. The van der Waals surface area contributed by atoms with Crippen LogP contribution in [-0.2, 0) is 11.3 Å². The van der Waals surface area contributed by atoms with Crippen molar-refractivity contribution in [3.05, 3.63) is 76.1 Å². The Morgan fingerprint density at radius 1 is 1.18 bits per heavy atom. The van der Waals surface area contributed by atoms with E-state index in [1.54, 1.807) is 36.2 Å². The summed E-state index contributed by atoms with van der Waals surface area (Å²) >= 11 is 7.95. The minimum absolute atomic E-state index is 0.205. The van der Waals surface area contributed by atoms with Gasteiger partial charge in [-0.3, -0.25) is 0 Å². The van der Waals surface area contributed by atoms with Crippen molar-refractivity contribution >= 4 is 50.8 Å².